The van der Waals surface area contributed by atoms with Gasteiger partial charge in [0.05, 0.1) is 0 Å². The van der Waals surface area contributed by atoms with E-state index in [1.165, 1.54) is 11.1 Å². The van der Waals surface area contributed by atoms with Crippen LogP contribution in [0.1, 0.15) is 19.4 Å². The molecule has 0 amide bonds. The van der Waals surface area contributed by atoms with Crippen molar-refractivity contribution in [2.45, 2.75) is 13.8 Å². The van der Waals surface area contributed by atoms with Crippen molar-refractivity contribution in [2.24, 2.45) is 0 Å². The topological polar surface area (TPSA) is 12.0 Å². The zero-order valence-electron chi connectivity index (χ0n) is 8.68. The summed E-state index contributed by atoms with van der Waals surface area (Å²) in [4.78, 5) is 0. The summed E-state index contributed by atoms with van der Waals surface area (Å²) >= 11 is 5.80. The van der Waals surface area contributed by atoms with Crippen LogP contribution in [-0.2, 0) is 0 Å². The molecule has 0 saturated carbocycles. The van der Waals surface area contributed by atoms with Gasteiger partial charge in [0.1, 0.15) is 0 Å². The lowest BCUT2D eigenvalue weighted by molar-refractivity contribution is 0.778. The lowest BCUT2D eigenvalue weighted by atomic mass is 10.1. The maximum Gasteiger partial charge on any atom is 0.0406 e. The van der Waals surface area contributed by atoms with Crippen molar-refractivity contribution < 1.29 is 0 Å². The first-order valence-corrected chi connectivity index (χ1v) is 5.23. The lowest BCUT2D eigenvalue weighted by Crippen LogP contribution is -2.14. The Labute approximate surface area is 90.8 Å². The van der Waals surface area contributed by atoms with Crippen LogP contribution >= 0.6 is 11.6 Å². The predicted octanol–water partition coefficient (Wildman–Crippen LogP) is 3.35. The van der Waals surface area contributed by atoms with Crippen molar-refractivity contribution in [2.75, 3.05) is 13.1 Å². The van der Waals surface area contributed by atoms with Crippen molar-refractivity contribution in [3.05, 3.63) is 40.4 Å². The summed E-state index contributed by atoms with van der Waals surface area (Å²) in [6.07, 6.45) is 2.17. The second kappa shape index (κ2) is 5.84. The molecule has 1 rings (SSSR count). The molecule has 0 atom stereocenters. The highest BCUT2D eigenvalue weighted by atomic mass is 35.5. The zero-order chi connectivity index (χ0) is 10.4. The minimum Gasteiger partial charge on any atom is -0.313 e. The van der Waals surface area contributed by atoms with Gasteiger partial charge in [-0.3, -0.25) is 0 Å². The number of nitrogens with one attached hydrogen (secondary N) is 1. The number of rotatable bonds is 4. The Bertz CT molecular complexity index is 301. The monoisotopic (exact) mass is 209 g/mol. The molecule has 0 radical (unpaired) electrons. The van der Waals surface area contributed by atoms with Crippen molar-refractivity contribution >= 4 is 17.7 Å². The van der Waals surface area contributed by atoms with Crippen LogP contribution in [0, 0.1) is 0 Å². The molecule has 1 N–H and O–H groups in total. The first-order chi connectivity index (χ1) is 6.72. The van der Waals surface area contributed by atoms with Crippen LogP contribution in [0.5, 0.6) is 0 Å². The van der Waals surface area contributed by atoms with Gasteiger partial charge in [-0.1, -0.05) is 42.3 Å². The van der Waals surface area contributed by atoms with E-state index >= 15 is 0 Å². The van der Waals surface area contributed by atoms with Crippen molar-refractivity contribution in [3.63, 3.8) is 0 Å². The molecule has 0 aromatic heterocycles. The van der Waals surface area contributed by atoms with E-state index in [0.717, 1.165) is 18.1 Å². The number of benzene rings is 1. The van der Waals surface area contributed by atoms with Gasteiger partial charge in [-0.25, -0.2) is 0 Å². The maximum atomic E-state index is 5.80. The number of hydrogen-bond acceptors (Lipinski definition) is 1. The normalized spacial score (nSPS) is 11.8. The highest BCUT2D eigenvalue weighted by Gasteiger charge is 1.91. The molecule has 1 nitrogen and oxygen atoms in total. The summed E-state index contributed by atoms with van der Waals surface area (Å²) in [5.74, 6) is 0. The van der Waals surface area contributed by atoms with E-state index in [-0.39, 0.29) is 0 Å². The van der Waals surface area contributed by atoms with Gasteiger partial charge in [-0.05, 0) is 31.2 Å². The first kappa shape index (κ1) is 11.3. The fourth-order valence-corrected chi connectivity index (χ4v) is 1.34. The van der Waals surface area contributed by atoms with Crippen LogP contribution in [0.3, 0.4) is 0 Å². The van der Waals surface area contributed by atoms with Crippen molar-refractivity contribution in [1.29, 1.82) is 0 Å². The first-order valence-electron chi connectivity index (χ1n) is 4.86. The number of halogens is 1. The Morgan fingerprint density at radius 2 is 2.00 bits per heavy atom. The van der Waals surface area contributed by atoms with Crippen LogP contribution in [0.25, 0.3) is 6.08 Å². The van der Waals surface area contributed by atoms with Gasteiger partial charge in [0, 0.05) is 11.6 Å². The van der Waals surface area contributed by atoms with E-state index in [4.69, 9.17) is 11.6 Å². The molecule has 0 aliphatic heterocycles. The summed E-state index contributed by atoms with van der Waals surface area (Å²) in [5, 5.41) is 4.07. The summed E-state index contributed by atoms with van der Waals surface area (Å²) in [5.41, 5.74) is 2.53. The van der Waals surface area contributed by atoms with E-state index < -0.39 is 0 Å². The molecule has 0 heterocycles. The molecular weight excluding hydrogens is 194 g/mol. The number of likely N-dealkylation sites (N-methyl/N-ethyl adjacent to an activating group) is 1. The van der Waals surface area contributed by atoms with Crippen LogP contribution in [-0.4, -0.2) is 13.1 Å². The molecule has 0 aliphatic rings. The van der Waals surface area contributed by atoms with Crippen molar-refractivity contribution in [1.82, 2.24) is 5.32 Å². The molecule has 14 heavy (non-hydrogen) atoms. The minimum absolute atomic E-state index is 0.784. The molecule has 76 valence electrons. The van der Waals surface area contributed by atoms with E-state index in [1.54, 1.807) is 0 Å². The standard InChI is InChI=1S/C12H16ClN/c1-3-14-9-10(2)8-11-4-6-12(13)7-5-11/h4-8,14H,3,9H2,1-2H3. The minimum atomic E-state index is 0.784. The van der Waals surface area contributed by atoms with E-state index in [2.05, 4.69) is 25.2 Å². The molecular formula is C12H16ClN. The van der Waals surface area contributed by atoms with Crippen molar-refractivity contribution in [3.8, 4) is 0 Å². The summed E-state index contributed by atoms with van der Waals surface area (Å²) < 4.78 is 0. The Hall–Kier alpha value is -0.790. The van der Waals surface area contributed by atoms with Crippen LogP contribution in [0.2, 0.25) is 5.02 Å². The van der Waals surface area contributed by atoms with Crippen LogP contribution in [0.4, 0.5) is 0 Å². The van der Waals surface area contributed by atoms with Gasteiger partial charge in [0.2, 0.25) is 0 Å². The van der Waals surface area contributed by atoms with Gasteiger partial charge < -0.3 is 5.32 Å². The van der Waals surface area contributed by atoms with Gasteiger partial charge >= 0.3 is 0 Å². The summed E-state index contributed by atoms with van der Waals surface area (Å²) in [7, 11) is 0. The lowest BCUT2D eigenvalue weighted by Gasteiger charge is -2.02. The summed E-state index contributed by atoms with van der Waals surface area (Å²) in [6.45, 7) is 6.18. The van der Waals surface area contributed by atoms with Gasteiger partial charge in [-0.15, -0.1) is 0 Å². The van der Waals surface area contributed by atoms with Crippen LogP contribution in [0.15, 0.2) is 29.8 Å². The van der Waals surface area contributed by atoms with Crippen LogP contribution < -0.4 is 5.32 Å². The molecule has 2 heteroatoms. The molecule has 0 saturated heterocycles. The quantitative estimate of drug-likeness (QED) is 0.802. The third-order valence-electron chi connectivity index (χ3n) is 1.94. The Balaban J connectivity index is 2.61. The Morgan fingerprint density at radius 1 is 1.36 bits per heavy atom. The smallest absolute Gasteiger partial charge is 0.0406 e. The zero-order valence-corrected chi connectivity index (χ0v) is 9.43. The molecule has 0 aliphatic carbocycles. The van der Waals surface area contributed by atoms with Gasteiger partial charge in [0.15, 0.2) is 0 Å². The third-order valence-corrected chi connectivity index (χ3v) is 2.19. The molecule has 1 aromatic carbocycles. The molecule has 1 aromatic rings. The fraction of sp³-hybridized carbons (Fsp3) is 0.333. The number of hydrogen-bond donors (Lipinski definition) is 1. The second-order valence-electron chi connectivity index (χ2n) is 3.32. The maximum absolute atomic E-state index is 5.80. The van der Waals surface area contributed by atoms with E-state index in [0.29, 0.717) is 0 Å². The largest absolute Gasteiger partial charge is 0.313 e. The Kier molecular flexibility index (Phi) is 4.71. The predicted molar refractivity (Wildman–Crippen MR) is 63.6 cm³/mol. The van der Waals surface area contributed by atoms with E-state index in [9.17, 15) is 0 Å². The molecule has 0 bridgehead atoms. The van der Waals surface area contributed by atoms with Gasteiger partial charge in [-0.2, -0.15) is 0 Å². The average molecular weight is 210 g/mol. The van der Waals surface area contributed by atoms with E-state index in [1.807, 2.05) is 24.3 Å². The molecule has 0 spiro atoms. The van der Waals surface area contributed by atoms with Gasteiger partial charge in [0.25, 0.3) is 0 Å². The highest BCUT2D eigenvalue weighted by molar-refractivity contribution is 6.30. The average Bonchev–Trinajstić information content (AvgIpc) is 2.18. The SMILES string of the molecule is CCNCC(C)=Cc1ccc(Cl)cc1. The third kappa shape index (κ3) is 3.95. The molecule has 0 fully saturated rings. The second-order valence-corrected chi connectivity index (χ2v) is 3.76. The fourth-order valence-electron chi connectivity index (χ4n) is 1.22. The highest BCUT2D eigenvalue weighted by Crippen LogP contribution is 2.11. The summed E-state index contributed by atoms with van der Waals surface area (Å²) in [6, 6.07) is 7.87. The Morgan fingerprint density at radius 3 is 2.57 bits per heavy atom. The molecule has 0 unspecified atom stereocenters.